The van der Waals surface area contributed by atoms with Crippen molar-refractivity contribution >= 4 is 17.6 Å². The highest BCUT2D eigenvalue weighted by Crippen LogP contribution is 2.16. The minimum absolute atomic E-state index is 0.627. The Balaban J connectivity index is 1.66. The van der Waals surface area contributed by atoms with Crippen molar-refractivity contribution in [1.82, 2.24) is 15.0 Å². The van der Waals surface area contributed by atoms with E-state index in [0.717, 1.165) is 36.8 Å². The lowest BCUT2D eigenvalue weighted by Crippen LogP contribution is -2.44. The van der Waals surface area contributed by atoms with Crippen LogP contribution in [0.1, 0.15) is 11.4 Å². The molecule has 1 aliphatic heterocycles. The van der Waals surface area contributed by atoms with E-state index < -0.39 is 0 Å². The van der Waals surface area contributed by atoms with E-state index in [1.807, 2.05) is 24.3 Å². The van der Waals surface area contributed by atoms with Gasteiger partial charge in [0.05, 0.1) is 0 Å². The summed E-state index contributed by atoms with van der Waals surface area (Å²) in [5.41, 5.74) is 1.13. The minimum Gasteiger partial charge on any atom is -0.322 e. The summed E-state index contributed by atoms with van der Waals surface area (Å²) < 4.78 is 5.36. The minimum atomic E-state index is 0.627. The highest BCUT2D eigenvalue weighted by Gasteiger charge is 2.19. The van der Waals surface area contributed by atoms with Gasteiger partial charge in [0.2, 0.25) is 0 Å². The van der Waals surface area contributed by atoms with Crippen molar-refractivity contribution in [3.8, 4) is 0 Å². The van der Waals surface area contributed by atoms with Crippen molar-refractivity contribution < 1.29 is 4.52 Å². The Morgan fingerprint density at radius 3 is 2.55 bits per heavy atom. The second kappa shape index (κ2) is 5.81. The number of nitrogens with zero attached hydrogens (tertiary/aromatic N) is 4. The molecule has 0 spiro atoms. The zero-order valence-corrected chi connectivity index (χ0v) is 12.2. The van der Waals surface area contributed by atoms with E-state index in [2.05, 4.69) is 27.0 Å². The molecule has 6 heteroatoms. The van der Waals surface area contributed by atoms with Crippen molar-refractivity contribution in [2.45, 2.75) is 6.42 Å². The van der Waals surface area contributed by atoms with Crippen LogP contribution >= 0.6 is 11.6 Å². The Bertz CT molecular complexity index is 561. The van der Waals surface area contributed by atoms with E-state index in [9.17, 15) is 0 Å². The van der Waals surface area contributed by atoms with Gasteiger partial charge in [-0.1, -0.05) is 28.9 Å². The van der Waals surface area contributed by atoms with Crippen molar-refractivity contribution in [1.29, 1.82) is 0 Å². The second-order valence-corrected chi connectivity index (χ2v) is 5.52. The molecule has 1 aliphatic rings. The maximum absolute atomic E-state index is 5.87. The topological polar surface area (TPSA) is 45.4 Å². The Morgan fingerprint density at radius 2 is 1.85 bits per heavy atom. The first-order valence-electron chi connectivity index (χ1n) is 6.71. The standard InChI is InChI=1S/C14H17ClN4O/c1-18-6-8-19(9-7-18)14-16-13(17-20-14)10-11-2-4-12(15)5-3-11/h2-5H,6-10H2,1H3. The smallest absolute Gasteiger partial charge is 0.322 e. The normalized spacial score (nSPS) is 16.6. The number of anilines is 1. The van der Waals surface area contributed by atoms with Gasteiger partial charge in [-0.05, 0) is 24.7 Å². The maximum Gasteiger partial charge on any atom is 0.324 e. The number of aromatic nitrogens is 2. The lowest BCUT2D eigenvalue weighted by atomic mass is 10.1. The number of halogens is 1. The van der Waals surface area contributed by atoms with Crippen LogP contribution in [0.15, 0.2) is 28.8 Å². The van der Waals surface area contributed by atoms with E-state index in [-0.39, 0.29) is 0 Å². The van der Waals surface area contributed by atoms with Gasteiger partial charge in [-0.15, -0.1) is 0 Å². The Labute approximate surface area is 123 Å². The zero-order valence-electron chi connectivity index (χ0n) is 11.4. The average molecular weight is 293 g/mol. The van der Waals surface area contributed by atoms with Gasteiger partial charge in [0, 0.05) is 37.6 Å². The number of hydrogen-bond donors (Lipinski definition) is 0. The molecule has 1 saturated heterocycles. The molecule has 1 aromatic heterocycles. The molecular weight excluding hydrogens is 276 g/mol. The molecule has 1 fully saturated rings. The molecule has 0 N–H and O–H groups in total. The van der Waals surface area contributed by atoms with E-state index in [4.69, 9.17) is 16.1 Å². The lowest BCUT2D eigenvalue weighted by Gasteiger charge is -2.30. The predicted octanol–water partition coefficient (Wildman–Crippen LogP) is 2.07. The first-order valence-corrected chi connectivity index (χ1v) is 7.09. The van der Waals surface area contributed by atoms with E-state index in [0.29, 0.717) is 18.3 Å². The quantitative estimate of drug-likeness (QED) is 0.866. The number of rotatable bonds is 3. The molecule has 0 amide bonds. The maximum atomic E-state index is 5.87. The Hall–Kier alpha value is -1.59. The molecule has 2 aromatic rings. The van der Waals surface area contributed by atoms with E-state index >= 15 is 0 Å². The van der Waals surface area contributed by atoms with Crippen LogP contribution in [0.3, 0.4) is 0 Å². The molecule has 2 heterocycles. The number of likely N-dealkylation sites (N-methyl/N-ethyl adjacent to an activating group) is 1. The first kappa shape index (κ1) is 13.4. The number of piperazine rings is 1. The average Bonchev–Trinajstić information content (AvgIpc) is 2.91. The fourth-order valence-corrected chi connectivity index (χ4v) is 2.35. The SMILES string of the molecule is CN1CCN(c2nc(Cc3ccc(Cl)cc3)no2)CC1. The molecule has 3 rings (SSSR count). The van der Waals surface area contributed by atoms with E-state index in [1.54, 1.807) is 0 Å². The van der Waals surface area contributed by atoms with Crippen LogP contribution in [0, 0.1) is 0 Å². The summed E-state index contributed by atoms with van der Waals surface area (Å²) >= 11 is 5.87. The third kappa shape index (κ3) is 3.11. The summed E-state index contributed by atoms with van der Waals surface area (Å²) in [5, 5.41) is 4.79. The summed E-state index contributed by atoms with van der Waals surface area (Å²) in [4.78, 5) is 8.90. The van der Waals surface area contributed by atoms with Gasteiger partial charge in [0.1, 0.15) is 0 Å². The summed E-state index contributed by atoms with van der Waals surface area (Å²) in [6, 6.07) is 8.33. The van der Waals surface area contributed by atoms with Crippen LogP contribution in [0.25, 0.3) is 0 Å². The van der Waals surface area contributed by atoms with Crippen LogP contribution < -0.4 is 4.90 Å². The Morgan fingerprint density at radius 1 is 1.15 bits per heavy atom. The fourth-order valence-electron chi connectivity index (χ4n) is 2.23. The van der Waals surface area contributed by atoms with Gasteiger partial charge in [-0.3, -0.25) is 0 Å². The van der Waals surface area contributed by atoms with Gasteiger partial charge >= 0.3 is 6.01 Å². The summed E-state index contributed by atoms with van der Waals surface area (Å²) in [6.07, 6.45) is 0.661. The molecule has 0 unspecified atom stereocenters. The zero-order chi connectivity index (χ0) is 13.9. The monoisotopic (exact) mass is 292 g/mol. The van der Waals surface area contributed by atoms with Crippen LogP contribution in [0.2, 0.25) is 5.02 Å². The van der Waals surface area contributed by atoms with Crippen molar-refractivity contribution in [3.63, 3.8) is 0 Å². The summed E-state index contributed by atoms with van der Waals surface area (Å²) in [6.45, 7) is 3.90. The third-order valence-electron chi connectivity index (χ3n) is 3.51. The third-order valence-corrected chi connectivity index (χ3v) is 3.76. The van der Waals surface area contributed by atoms with Gasteiger partial charge in [-0.2, -0.15) is 4.98 Å². The van der Waals surface area contributed by atoms with Crippen LogP contribution in [-0.2, 0) is 6.42 Å². The largest absolute Gasteiger partial charge is 0.324 e. The summed E-state index contributed by atoms with van der Waals surface area (Å²) in [5.74, 6) is 0.709. The molecule has 20 heavy (non-hydrogen) atoms. The van der Waals surface area contributed by atoms with Crippen molar-refractivity contribution in [2.75, 3.05) is 38.1 Å². The fraction of sp³-hybridized carbons (Fsp3) is 0.429. The number of hydrogen-bond acceptors (Lipinski definition) is 5. The molecule has 1 aromatic carbocycles. The molecule has 5 nitrogen and oxygen atoms in total. The van der Waals surface area contributed by atoms with Gasteiger partial charge in [0.25, 0.3) is 0 Å². The molecule has 0 atom stereocenters. The molecule has 0 radical (unpaired) electrons. The predicted molar refractivity (Wildman–Crippen MR) is 78.3 cm³/mol. The van der Waals surface area contributed by atoms with Gasteiger partial charge in [-0.25, -0.2) is 0 Å². The highest BCUT2D eigenvalue weighted by molar-refractivity contribution is 6.30. The molecular formula is C14H17ClN4O. The Kier molecular flexibility index (Phi) is 3.89. The van der Waals surface area contributed by atoms with Crippen LogP contribution in [0.5, 0.6) is 0 Å². The highest BCUT2D eigenvalue weighted by atomic mass is 35.5. The van der Waals surface area contributed by atoms with E-state index in [1.165, 1.54) is 0 Å². The second-order valence-electron chi connectivity index (χ2n) is 5.09. The lowest BCUT2D eigenvalue weighted by molar-refractivity contribution is 0.298. The van der Waals surface area contributed by atoms with Gasteiger partial charge < -0.3 is 14.3 Å². The van der Waals surface area contributed by atoms with Gasteiger partial charge in [0.15, 0.2) is 5.82 Å². The van der Waals surface area contributed by atoms with Crippen LogP contribution in [0.4, 0.5) is 6.01 Å². The summed E-state index contributed by atoms with van der Waals surface area (Å²) in [7, 11) is 2.12. The number of benzene rings is 1. The molecule has 106 valence electrons. The molecule has 0 bridgehead atoms. The molecule has 0 aliphatic carbocycles. The van der Waals surface area contributed by atoms with Crippen molar-refractivity contribution in [3.05, 3.63) is 40.7 Å². The first-order chi connectivity index (χ1) is 9.70. The van der Waals surface area contributed by atoms with Crippen molar-refractivity contribution in [2.24, 2.45) is 0 Å². The van der Waals surface area contributed by atoms with Crippen LogP contribution in [-0.4, -0.2) is 48.3 Å². The molecule has 0 saturated carbocycles.